The molecule has 0 aliphatic heterocycles. The monoisotopic (exact) mass is 245 g/mol. The first-order valence-corrected chi connectivity index (χ1v) is 6.42. The van der Waals surface area contributed by atoms with Crippen LogP contribution in [-0.4, -0.2) is 4.98 Å². The third kappa shape index (κ3) is 2.55. The van der Waals surface area contributed by atoms with Gasteiger partial charge in [0.2, 0.25) is 0 Å². The van der Waals surface area contributed by atoms with Crippen molar-refractivity contribution in [3.63, 3.8) is 0 Å². The number of pyridine rings is 1. The molecule has 0 spiro atoms. The van der Waals surface area contributed by atoms with Gasteiger partial charge in [0.1, 0.15) is 0 Å². The molecule has 0 radical (unpaired) electrons. The maximum absolute atomic E-state index is 4.48. The Labute approximate surface area is 113 Å². The molecule has 0 aliphatic carbocycles. The van der Waals surface area contributed by atoms with Crippen LogP contribution in [0.25, 0.3) is 22.9 Å². The normalized spacial score (nSPS) is 11.2. The molecule has 0 saturated heterocycles. The van der Waals surface area contributed by atoms with Gasteiger partial charge >= 0.3 is 0 Å². The summed E-state index contributed by atoms with van der Waals surface area (Å²) in [5, 5.41) is 2.54. The van der Waals surface area contributed by atoms with E-state index in [0.717, 1.165) is 11.4 Å². The highest BCUT2D eigenvalue weighted by Crippen LogP contribution is 2.20. The molecule has 0 amide bonds. The van der Waals surface area contributed by atoms with Gasteiger partial charge < -0.3 is 0 Å². The summed E-state index contributed by atoms with van der Waals surface area (Å²) < 4.78 is 0. The van der Waals surface area contributed by atoms with Crippen LogP contribution in [0.5, 0.6) is 0 Å². The second kappa shape index (κ2) is 5.07. The van der Waals surface area contributed by atoms with Crippen LogP contribution in [0.2, 0.25) is 0 Å². The molecule has 0 N–H and O–H groups in total. The van der Waals surface area contributed by atoms with Crippen molar-refractivity contribution in [2.75, 3.05) is 0 Å². The van der Waals surface area contributed by atoms with Crippen molar-refractivity contribution < 1.29 is 0 Å². The van der Waals surface area contributed by atoms with Gasteiger partial charge in [-0.15, -0.1) is 0 Å². The predicted octanol–water partition coefficient (Wildman–Crippen LogP) is 4.71. The molecule has 0 bridgehead atoms. The summed E-state index contributed by atoms with van der Waals surface area (Å²) in [6.07, 6.45) is 4.19. The number of rotatable bonds is 2. The molecule has 0 fully saturated rings. The number of nitrogens with zero attached hydrogens (tertiary/aromatic N) is 1. The van der Waals surface area contributed by atoms with Gasteiger partial charge in [-0.1, -0.05) is 54.6 Å². The van der Waals surface area contributed by atoms with Crippen LogP contribution in [0, 0.1) is 6.92 Å². The Kier molecular flexibility index (Phi) is 3.11. The second-order valence-electron chi connectivity index (χ2n) is 4.61. The molecule has 1 heterocycles. The van der Waals surface area contributed by atoms with Crippen molar-refractivity contribution in [1.29, 1.82) is 0 Å². The molecule has 0 saturated carbocycles. The quantitative estimate of drug-likeness (QED) is 0.637. The highest BCUT2D eigenvalue weighted by molar-refractivity contribution is 5.92. The first-order chi connectivity index (χ1) is 9.33. The Hall–Kier alpha value is -2.41. The van der Waals surface area contributed by atoms with E-state index in [-0.39, 0.29) is 0 Å². The lowest BCUT2D eigenvalue weighted by Gasteiger charge is -2.01. The second-order valence-corrected chi connectivity index (χ2v) is 4.61. The summed E-state index contributed by atoms with van der Waals surface area (Å²) in [5.74, 6) is 0. The molecule has 3 aromatic rings. The Morgan fingerprint density at radius 1 is 0.789 bits per heavy atom. The number of hydrogen-bond acceptors (Lipinski definition) is 1. The van der Waals surface area contributed by atoms with Crippen LogP contribution in [0.4, 0.5) is 0 Å². The lowest BCUT2D eigenvalue weighted by molar-refractivity contribution is 1.18. The van der Waals surface area contributed by atoms with E-state index in [9.17, 15) is 0 Å². The summed E-state index contributed by atoms with van der Waals surface area (Å²) in [4.78, 5) is 4.48. The highest BCUT2D eigenvalue weighted by atomic mass is 14.7. The molecule has 19 heavy (non-hydrogen) atoms. The van der Waals surface area contributed by atoms with E-state index in [1.165, 1.54) is 16.3 Å². The van der Waals surface area contributed by atoms with Crippen molar-refractivity contribution >= 4 is 22.9 Å². The topological polar surface area (TPSA) is 12.9 Å². The van der Waals surface area contributed by atoms with Crippen LogP contribution >= 0.6 is 0 Å². The molecular formula is C18H15N. The van der Waals surface area contributed by atoms with Crippen LogP contribution in [0.1, 0.15) is 17.0 Å². The predicted molar refractivity (Wildman–Crippen MR) is 81.9 cm³/mol. The van der Waals surface area contributed by atoms with Gasteiger partial charge in [0.05, 0.1) is 5.69 Å². The lowest BCUT2D eigenvalue weighted by Crippen LogP contribution is -1.83. The molecule has 1 nitrogen and oxygen atoms in total. The summed E-state index contributed by atoms with van der Waals surface area (Å²) in [5.41, 5.74) is 3.26. The highest BCUT2D eigenvalue weighted by Gasteiger charge is 1.96. The van der Waals surface area contributed by atoms with E-state index in [2.05, 4.69) is 59.6 Å². The smallest absolute Gasteiger partial charge is 0.0633 e. The lowest BCUT2D eigenvalue weighted by atomic mass is 10.0. The molecule has 0 atom stereocenters. The molecule has 1 aromatic heterocycles. The fraction of sp³-hybridized carbons (Fsp3) is 0.0556. The van der Waals surface area contributed by atoms with Crippen LogP contribution in [-0.2, 0) is 0 Å². The van der Waals surface area contributed by atoms with Crippen LogP contribution in [0.3, 0.4) is 0 Å². The molecular weight excluding hydrogens is 230 g/mol. The Morgan fingerprint density at radius 2 is 1.58 bits per heavy atom. The molecule has 0 unspecified atom stereocenters. The standard InChI is InChI=1S/C18H15N/c1-14-6-4-10-17(19-14)13-12-16-9-5-8-15-7-2-3-11-18(15)16/h2-13H,1H3/b13-12+. The van der Waals surface area contributed by atoms with Gasteiger partial charge in [-0.2, -0.15) is 0 Å². The van der Waals surface area contributed by atoms with E-state index >= 15 is 0 Å². The third-order valence-corrected chi connectivity index (χ3v) is 3.17. The minimum atomic E-state index is 0.993. The maximum atomic E-state index is 4.48. The van der Waals surface area contributed by atoms with Gasteiger partial charge in [0, 0.05) is 5.69 Å². The molecule has 2 aromatic carbocycles. The average Bonchev–Trinajstić information content (AvgIpc) is 2.45. The number of hydrogen-bond donors (Lipinski definition) is 0. The van der Waals surface area contributed by atoms with E-state index in [1.807, 2.05) is 25.1 Å². The summed E-state index contributed by atoms with van der Waals surface area (Å²) in [6, 6.07) is 20.9. The minimum Gasteiger partial charge on any atom is -0.254 e. The fourth-order valence-electron chi connectivity index (χ4n) is 2.23. The van der Waals surface area contributed by atoms with E-state index in [0.29, 0.717) is 0 Å². The largest absolute Gasteiger partial charge is 0.254 e. The zero-order valence-corrected chi connectivity index (χ0v) is 10.9. The van der Waals surface area contributed by atoms with Crippen molar-refractivity contribution in [1.82, 2.24) is 4.98 Å². The van der Waals surface area contributed by atoms with Gasteiger partial charge in [-0.05, 0) is 41.5 Å². The van der Waals surface area contributed by atoms with E-state index < -0.39 is 0 Å². The number of aryl methyl sites for hydroxylation is 1. The maximum Gasteiger partial charge on any atom is 0.0633 e. The Balaban J connectivity index is 2.02. The number of fused-ring (bicyclic) bond motifs is 1. The van der Waals surface area contributed by atoms with Crippen molar-refractivity contribution in [3.8, 4) is 0 Å². The van der Waals surface area contributed by atoms with Gasteiger partial charge in [-0.3, -0.25) is 4.98 Å². The summed E-state index contributed by atoms with van der Waals surface area (Å²) in [7, 11) is 0. The third-order valence-electron chi connectivity index (χ3n) is 3.17. The van der Waals surface area contributed by atoms with Crippen molar-refractivity contribution in [2.24, 2.45) is 0 Å². The Bertz CT molecular complexity index is 736. The molecule has 0 aliphatic rings. The van der Waals surface area contributed by atoms with Gasteiger partial charge in [-0.25, -0.2) is 0 Å². The van der Waals surface area contributed by atoms with E-state index in [4.69, 9.17) is 0 Å². The molecule has 3 rings (SSSR count). The van der Waals surface area contributed by atoms with Crippen LogP contribution in [0.15, 0.2) is 60.7 Å². The summed E-state index contributed by atoms with van der Waals surface area (Å²) >= 11 is 0. The first kappa shape index (κ1) is 11.7. The summed E-state index contributed by atoms with van der Waals surface area (Å²) in [6.45, 7) is 2.01. The zero-order chi connectivity index (χ0) is 13.1. The SMILES string of the molecule is Cc1cccc(/C=C/c2cccc3ccccc23)n1. The fourth-order valence-corrected chi connectivity index (χ4v) is 2.23. The zero-order valence-electron chi connectivity index (χ0n) is 10.9. The Morgan fingerprint density at radius 3 is 2.47 bits per heavy atom. The minimum absolute atomic E-state index is 0.993. The number of benzene rings is 2. The average molecular weight is 245 g/mol. The van der Waals surface area contributed by atoms with Crippen molar-refractivity contribution in [3.05, 3.63) is 77.6 Å². The first-order valence-electron chi connectivity index (χ1n) is 6.42. The molecule has 1 heteroatoms. The van der Waals surface area contributed by atoms with Crippen LogP contribution < -0.4 is 0 Å². The van der Waals surface area contributed by atoms with Gasteiger partial charge in [0.25, 0.3) is 0 Å². The number of aromatic nitrogens is 1. The molecule has 92 valence electrons. The van der Waals surface area contributed by atoms with E-state index in [1.54, 1.807) is 0 Å². The van der Waals surface area contributed by atoms with Gasteiger partial charge in [0.15, 0.2) is 0 Å². The van der Waals surface area contributed by atoms with Crippen molar-refractivity contribution in [2.45, 2.75) is 6.92 Å².